The zero-order valence-electron chi connectivity index (χ0n) is 41.6. The second-order valence-corrected chi connectivity index (χ2v) is 21.6. The minimum Gasteiger partial charge on any atom is -0.493 e. The number of rotatable bonds is 21. The quantitative estimate of drug-likeness (QED) is 0.0457. The SMILES string of the molecule is Cc1ncsc1-c1ccc(CNC(=O)[C@@H]2C[C@@H](O)CN2C(=O)C(NC(=O)CCCNCCCCCCOc2cc(F)c([C@@H]3c4[nH]c5ccccc5c4C[C@@H](C)N3CC(C)(C)F)c(F)c2)C(C)(C)C)cc1. The van der Waals surface area contributed by atoms with Crippen LogP contribution in [0, 0.1) is 24.0 Å². The first-order valence-electron chi connectivity index (χ1n) is 24.7. The smallest absolute Gasteiger partial charge is 0.246 e. The number of likely N-dealkylation sites (tertiary alicyclic amines) is 1. The number of thiazole rings is 1. The highest BCUT2D eigenvalue weighted by Gasteiger charge is 2.45. The standard InChI is InChI=1S/C54H70F3N7O5S/c1-33-25-40-39-15-10-11-16-43(39)61-47(40)48(64(33)31-54(6,7)57)46-41(55)27-38(28-42(46)56)69-24-13-9-8-12-22-58-23-14-17-45(66)62-50(53(3,4)5)52(68)63-30-37(65)26-44(63)51(67)59-29-35-18-20-36(21-19-35)49-34(2)60-32-70-49/h10-11,15-16,18-21,27-28,32-33,37,44,48,50,58,61,65H,8-9,12-14,17,22-26,29-31H2,1-7H3,(H,59,67)(H,62,66)/t33-,37-,44+,48-,50?/m1/s1. The highest BCUT2D eigenvalue weighted by atomic mass is 32.1. The van der Waals surface area contributed by atoms with Crippen molar-refractivity contribution >= 4 is 40.0 Å². The lowest BCUT2D eigenvalue weighted by Crippen LogP contribution is -2.57. The number of nitrogens with zero attached hydrogens (tertiary/aromatic N) is 3. The number of fused-ring (bicyclic) bond motifs is 3. The fourth-order valence-corrected chi connectivity index (χ4v) is 10.6. The molecule has 3 aromatic carbocycles. The van der Waals surface area contributed by atoms with E-state index in [9.17, 15) is 19.5 Å². The van der Waals surface area contributed by atoms with Crippen LogP contribution in [0.15, 0.2) is 66.2 Å². The Labute approximate surface area is 414 Å². The average Bonchev–Trinajstić information content (AvgIpc) is 4.02. The number of hydrogen-bond acceptors (Lipinski definition) is 9. The van der Waals surface area contributed by atoms with Crippen molar-refractivity contribution < 1.29 is 37.4 Å². The maximum atomic E-state index is 16.1. The van der Waals surface area contributed by atoms with Crippen molar-refractivity contribution in [3.8, 4) is 16.2 Å². The summed E-state index contributed by atoms with van der Waals surface area (Å²) in [7, 11) is 0. The highest BCUT2D eigenvalue weighted by molar-refractivity contribution is 7.13. The van der Waals surface area contributed by atoms with E-state index in [0.29, 0.717) is 38.1 Å². The molecule has 5 N–H and O–H groups in total. The number of carbonyl (C=O) groups excluding carboxylic acids is 3. The maximum Gasteiger partial charge on any atom is 0.246 e. The molecule has 1 unspecified atom stereocenters. The number of aliphatic hydroxyl groups is 1. The van der Waals surface area contributed by atoms with Crippen molar-refractivity contribution in [3.63, 3.8) is 0 Å². The number of H-pyrrole nitrogens is 1. The van der Waals surface area contributed by atoms with Crippen LogP contribution in [-0.4, -0.2) is 105 Å². The second-order valence-electron chi connectivity index (χ2n) is 20.8. The summed E-state index contributed by atoms with van der Waals surface area (Å²) in [5.74, 6) is -2.38. The summed E-state index contributed by atoms with van der Waals surface area (Å²) in [6.07, 6.45) is 3.99. The first-order valence-corrected chi connectivity index (χ1v) is 25.6. The number of aromatic amines is 1. The molecule has 0 bridgehead atoms. The van der Waals surface area contributed by atoms with Gasteiger partial charge < -0.3 is 35.7 Å². The fraction of sp³-hybridized carbons (Fsp3) is 0.519. The highest BCUT2D eigenvalue weighted by Crippen LogP contribution is 2.44. The minimum atomic E-state index is -1.59. The number of benzene rings is 3. The van der Waals surface area contributed by atoms with Crippen LogP contribution >= 0.6 is 11.3 Å². The Morgan fingerprint density at radius 2 is 1.67 bits per heavy atom. The number of aliphatic hydroxyl groups excluding tert-OH is 1. The molecule has 2 aliphatic rings. The van der Waals surface area contributed by atoms with E-state index in [1.165, 1.54) is 30.9 Å². The molecule has 2 aliphatic heterocycles. The molecular formula is C54H70F3N7O5S. The Morgan fingerprint density at radius 3 is 2.36 bits per heavy atom. The van der Waals surface area contributed by atoms with Crippen molar-refractivity contribution in [3.05, 3.63) is 106 Å². The van der Waals surface area contributed by atoms with Crippen molar-refractivity contribution in [1.82, 2.24) is 35.7 Å². The van der Waals surface area contributed by atoms with Crippen molar-refractivity contribution in [2.45, 2.75) is 142 Å². The summed E-state index contributed by atoms with van der Waals surface area (Å²) in [5.41, 5.74) is 4.91. The molecule has 5 aromatic rings. The molecule has 0 aliphatic carbocycles. The largest absolute Gasteiger partial charge is 0.493 e. The summed E-state index contributed by atoms with van der Waals surface area (Å²) in [6.45, 7) is 14.4. The van der Waals surface area contributed by atoms with E-state index < -0.39 is 52.9 Å². The molecule has 12 nitrogen and oxygen atoms in total. The number of nitrogens with one attached hydrogen (secondary N) is 4. The topological polar surface area (TPSA) is 152 Å². The lowest BCUT2D eigenvalue weighted by molar-refractivity contribution is -0.144. The van der Waals surface area contributed by atoms with E-state index >= 15 is 13.2 Å². The Hall–Kier alpha value is -5.29. The van der Waals surface area contributed by atoms with Crippen LogP contribution < -0.4 is 20.7 Å². The number of aryl methyl sites for hydroxylation is 1. The summed E-state index contributed by atoms with van der Waals surface area (Å²) >= 11 is 1.57. The first kappa shape index (κ1) is 52.5. The zero-order chi connectivity index (χ0) is 50.3. The number of carbonyl (C=O) groups is 3. The third-order valence-electron chi connectivity index (χ3n) is 13.4. The second kappa shape index (κ2) is 22.9. The van der Waals surface area contributed by atoms with Crippen LogP contribution in [0.5, 0.6) is 5.75 Å². The summed E-state index contributed by atoms with van der Waals surface area (Å²) < 4.78 is 53.1. The molecule has 378 valence electrons. The predicted octanol–water partition coefficient (Wildman–Crippen LogP) is 9.08. The molecule has 5 atom stereocenters. The lowest BCUT2D eigenvalue weighted by Gasteiger charge is -2.43. The predicted molar refractivity (Wildman–Crippen MR) is 269 cm³/mol. The van der Waals surface area contributed by atoms with Crippen LogP contribution in [0.25, 0.3) is 21.3 Å². The van der Waals surface area contributed by atoms with Crippen molar-refractivity contribution in [2.75, 3.05) is 32.8 Å². The van der Waals surface area contributed by atoms with Gasteiger partial charge in [-0.05, 0) is 94.6 Å². The van der Waals surface area contributed by atoms with Crippen LogP contribution in [0.3, 0.4) is 0 Å². The van der Waals surface area contributed by atoms with Crippen molar-refractivity contribution in [1.29, 1.82) is 0 Å². The Balaban J connectivity index is 0.808. The van der Waals surface area contributed by atoms with Gasteiger partial charge in [0.15, 0.2) is 0 Å². The third kappa shape index (κ3) is 13.0. The van der Waals surface area contributed by atoms with E-state index in [0.717, 1.165) is 64.0 Å². The van der Waals surface area contributed by atoms with Gasteiger partial charge in [-0.1, -0.05) is 76.1 Å². The Morgan fingerprint density at radius 1 is 0.971 bits per heavy atom. The number of unbranched alkanes of at least 4 members (excludes halogenated alkanes) is 3. The van der Waals surface area contributed by atoms with E-state index in [1.807, 2.05) is 93.6 Å². The Kier molecular flexibility index (Phi) is 17.1. The monoisotopic (exact) mass is 986 g/mol. The van der Waals surface area contributed by atoms with Gasteiger partial charge in [-0.15, -0.1) is 11.3 Å². The molecule has 7 rings (SSSR count). The maximum absolute atomic E-state index is 16.1. The van der Waals surface area contributed by atoms with Gasteiger partial charge in [-0.2, -0.15) is 0 Å². The van der Waals surface area contributed by atoms with Gasteiger partial charge in [0, 0.05) is 72.8 Å². The van der Waals surface area contributed by atoms with E-state index in [-0.39, 0.29) is 61.6 Å². The Bertz CT molecular complexity index is 2570. The molecule has 0 spiro atoms. The van der Waals surface area contributed by atoms with Gasteiger partial charge in [0.1, 0.15) is 35.1 Å². The number of hydrogen-bond donors (Lipinski definition) is 5. The van der Waals surface area contributed by atoms with Crippen molar-refractivity contribution in [2.24, 2.45) is 5.41 Å². The number of aromatic nitrogens is 2. The van der Waals surface area contributed by atoms with Gasteiger partial charge in [0.05, 0.1) is 34.8 Å². The number of amides is 3. The molecule has 0 radical (unpaired) electrons. The van der Waals surface area contributed by atoms with E-state index in [1.54, 1.807) is 11.3 Å². The van der Waals surface area contributed by atoms with Crippen LogP contribution in [0.4, 0.5) is 13.2 Å². The number of para-hydroxylation sites is 1. The summed E-state index contributed by atoms with van der Waals surface area (Å²) in [5, 5.41) is 20.8. The molecule has 0 saturated carbocycles. The number of halogens is 3. The fourth-order valence-electron chi connectivity index (χ4n) is 9.81. The molecule has 2 aromatic heterocycles. The molecule has 3 amide bonds. The number of ether oxygens (including phenoxy) is 1. The molecule has 1 fully saturated rings. The zero-order valence-corrected chi connectivity index (χ0v) is 42.4. The van der Waals surface area contributed by atoms with Crippen LogP contribution in [0.2, 0.25) is 0 Å². The molecule has 1 saturated heterocycles. The number of alkyl halides is 1. The number of β-amino-alcohol motifs (C(OH)–C–C–N with tert-alkyl or cyclic N) is 1. The van der Waals surface area contributed by atoms with Crippen LogP contribution in [-0.2, 0) is 27.3 Å². The van der Waals surface area contributed by atoms with Gasteiger partial charge in [0.25, 0.3) is 0 Å². The first-order chi connectivity index (χ1) is 33.3. The third-order valence-corrected chi connectivity index (χ3v) is 14.4. The van der Waals surface area contributed by atoms with Gasteiger partial charge in [0.2, 0.25) is 17.7 Å². The summed E-state index contributed by atoms with van der Waals surface area (Å²) in [4.78, 5) is 52.7. The summed E-state index contributed by atoms with van der Waals surface area (Å²) in [6, 6.07) is 15.4. The molecule has 70 heavy (non-hydrogen) atoms. The normalized spacial score (nSPS) is 19.0. The lowest BCUT2D eigenvalue weighted by atomic mass is 9.85. The van der Waals surface area contributed by atoms with Crippen LogP contribution in [0.1, 0.15) is 121 Å². The minimum absolute atomic E-state index is 0.00327. The molecule has 16 heteroatoms. The van der Waals surface area contributed by atoms with Gasteiger partial charge in [-0.25, -0.2) is 18.2 Å². The average molecular weight is 986 g/mol. The molecule has 4 heterocycles. The van der Waals surface area contributed by atoms with Gasteiger partial charge in [-0.3, -0.25) is 19.3 Å². The van der Waals surface area contributed by atoms with Gasteiger partial charge >= 0.3 is 0 Å². The molecular weight excluding hydrogens is 916 g/mol. The van der Waals surface area contributed by atoms with E-state index in [2.05, 4.69) is 25.9 Å². The van der Waals surface area contributed by atoms with E-state index in [4.69, 9.17) is 4.74 Å².